The second kappa shape index (κ2) is 4.97. The van der Waals surface area contributed by atoms with E-state index in [1.165, 1.54) is 5.56 Å². The SMILES string of the molecule is CCc1ccc(-c2cc[nH]c(=O)c2CN)cc1. The molecule has 0 aliphatic heterocycles. The fraction of sp³-hybridized carbons (Fsp3) is 0.214. The fourth-order valence-electron chi connectivity index (χ4n) is 1.90. The zero-order chi connectivity index (χ0) is 12.3. The third-order valence-corrected chi connectivity index (χ3v) is 2.94. The molecule has 3 nitrogen and oxygen atoms in total. The average Bonchev–Trinajstić information content (AvgIpc) is 2.38. The van der Waals surface area contributed by atoms with Gasteiger partial charge in [-0.05, 0) is 29.2 Å². The number of pyridine rings is 1. The van der Waals surface area contributed by atoms with E-state index in [0.29, 0.717) is 5.56 Å². The van der Waals surface area contributed by atoms with Crippen LogP contribution in [0.3, 0.4) is 0 Å². The van der Waals surface area contributed by atoms with Crippen molar-refractivity contribution < 1.29 is 0 Å². The molecule has 0 aliphatic rings. The predicted octanol–water partition coefficient (Wildman–Crippen LogP) is 2.06. The molecule has 17 heavy (non-hydrogen) atoms. The van der Waals surface area contributed by atoms with Gasteiger partial charge in [-0.15, -0.1) is 0 Å². The molecule has 2 aromatic rings. The van der Waals surface area contributed by atoms with E-state index in [1.54, 1.807) is 6.20 Å². The molecule has 1 aromatic carbocycles. The Kier molecular flexibility index (Phi) is 3.40. The summed E-state index contributed by atoms with van der Waals surface area (Å²) in [7, 11) is 0. The highest BCUT2D eigenvalue weighted by atomic mass is 16.1. The molecule has 0 amide bonds. The van der Waals surface area contributed by atoms with Crippen LogP contribution in [0.25, 0.3) is 11.1 Å². The van der Waals surface area contributed by atoms with E-state index in [9.17, 15) is 4.79 Å². The Balaban J connectivity index is 2.52. The number of rotatable bonds is 3. The topological polar surface area (TPSA) is 58.9 Å². The standard InChI is InChI=1S/C14H16N2O/c1-2-10-3-5-11(6-4-10)12-7-8-16-14(17)13(12)9-15/h3-8H,2,9,15H2,1H3,(H,16,17). The third-order valence-electron chi connectivity index (χ3n) is 2.94. The smallest absolute Gasteiger partial charge is 0.253 e. The molecular weight excluding hydrogens is 212 g/mol. The minimum absolute atomic E-state index is 0.107. The van der Waals surface area contributed by atoms with Crippen molar-refractivity contribution in [3.63, 3.8) is 0 Å². The number of H-pyrrole nitrogens is 1. The monoisotopic (exact) mass is 228 g/mol. The van der Waals surface area contributed by atoms with Crippen molar-refractivity contribution in [2.45, 2.75) is 19.9 Å². The molecule has 0 radical (unpaired) electrons. The van der Waals surface area contributed by atoms with Crippen LogP contribution in [-0.4, -0.2) is 4.98 Å². The van der Waals surface area contributed by atoms with Gasteiger partial charge in [0.2, 0.25) is 0 Å². The Morgan fingerprint density at radius 2 is 1.88 bits per heavy atom. The lowest BCUT2D eigenvalue weighted by Crippen LogP contribution is -2.16. The maximum atomic E-state index is 11.6. The minimum atomic E-state index is -0.107. The lowest BCUT2D eigenvalue weighted by Gasteiger charge is -2.07. The van der Waals surface area contributed by atoms with Crippen LogP contribution >= 0.6 is 0 Å². The summed E-state index contributed by atoms with van der Waals surface area (Å²) in [6.07, 6.45) is 2.67. The third kappa shape index (κ3) is 2.29. The highest BCUT2D eigenvalue weighted by Crippen LogP contribution is 2.21. The molecule has 0 saturated carbocycles. The fourth-order valence-corrected chi connectivity index (χ4v) is 1.90. The Morgan fingerprint density at radius 3 is 2.47 bits per heavy atom. The molecule has 0 atom stereocenters. The van der Waals surface area contributed by atoms with Crippen LogP contribution in [0, 0.1) is 0 Å². The first-order valence-corrected chi connectivity index (χ1v) is 5.76. The Morgan fingerprint density at radius 1 is 1.18 bits per heavy atom. The molecule has 88 valence electrons. The highest BCUT2D eigenvalue weighted by Gasteiger charge is 2.06. The van der Waals surface area contributed by atoms with Crippen LogP contribution in [0.5, 0.6) is 0 Å². The van der Waals surface area contributed by atoms with Gasteiger partial charge in [0.25, 0.3) is 5.56 Å². The second-order valence-electron chi connectivity index (χ2n) is 3.95. The van der Waals surface area contributed by atoms with Crippen molar-refractivity contribution in [2.75, 3.05) is 0 Å². The Labute approximate surface area is 100 Å². The molecular formula is C14H16N2O. The van der Waals surface area contributed by atoms with Crippen LogP contribution in [0.4, 0.5) is 0 Å². The Hall–Kier alpha value is -1.87. The molecule has 0 fully saturated rings. The maximum absolute atomic E-state index is 11.6. The van der Waals surface area contributed by atoms with E-state index in [1.807, 2.05) is 18.2 Å². The van der Waals surface area contributed by atoms with Gasteiger partial charge in [-0.25, -0.2) is 0 Å². The van der Waals surface area contributed by atoms with Gasteiger partial charge in [-0.1, -0.05) is 31.2 Å². The van der Waals surface area contributed by atoms with Crippen molar-refractivity contribution in [1.29, 1.82) is 0 Å². The number of nitrogens with one attached hydrogen (secondary N) is 1. The predicted molar refractivity (Wildman–Crippen MR) is 69.8 cm³/mol. The number of aromatic nitrogens is 1. The van der Waals surface area contributed by atoms with Crippen molar-refractivity contribution >= 4 is 0 Å². The van der Waals surface area contributed by atoms with Crippen molar-refractivity contribution in [3.8, 4) is 11.1 Å². The van der Waals surface area contributed by atoms with E-state index in [-0.39, 0.29) is 12.1 Å². The number of aryl methyl sites for hydroxylation is 1. The highest BCUT2D eigenvalue weighted by molar-refractivity contribution is 5.66. The summed E-state index contributed by atoms with van der Waals surface area (Å²) >= 11 is 0. The zero-order valence-electron chi connectivity index (χ0n) is 9.86. The second-order valence-corrected chi connectivity index (χ2v) is 3.95. The van der Waals surface area contributed by atoms with Crippen LogP contribution in [0.2, 0.25) is 0 Å². The number of hydrogen-bond donors (Lipinski definition) is 2. The van der Waals surface area contributed by atoms with Crippen molar-refractivity contribution in [2.24, 2.45) is 5.73 Å². The van der Waals surface area contributed by atoms with Gasteiger partial charge in [0, 0.05) is 18.3 Å². The number of nitrogens with two attached hydrogens (primary N) is 1. The normalized spacial score (nSPS) is 10.5. The maximum Gasteiger partial charge on any atom is 0.253 e. The Bertz CT molecular complexity index is 555. The van der Waals surface area contributed by atoms with E-state index in [4.69, 9.17) is 5.73 Å². The molecule has 0 aliphatic carbocycles. The lowest BCUT2D eigenvalue weighted by atomic mass is 10.00. The van der Waals surface area contributed by atoms with Crippen LogP contribution in [0.1, 0.15) is 18.1 Å². The molecule has 3 N–H and O–H groups in total. The van der Waals surface area contributed by atoms with E-state index in [2.05, 4.69) is 24.0 Å². The first-order valence-electron chi connectivity index (χ1n) is 5.76. The molecule has 0 saturated heterocycles. The van der Waals surface area contributed by atoms with Gasteiger partial charge >= 0.3 is 0 Å². The summed E-state index contributed by atoms with van der Waals surface area (Å²) in [4.78, 5) is 14.3. The van der Waals surface area contributed by atoms with Crippen molar-refractivity contribution in [3.05, 3.63) is 58.0 Å². The van der Waals surface area contributed by atoms with Gasteiger partial charge in [0.15, 0.2) is 0 Å². The largest absolute Gasteiger partial charge is 0.329 e. The summed E-state index contributed by atoms with van der Waals surface area (Å²) < 4.78 is 0. The summed E-state index contributed by atoms with van der Waals surface area (Å²) in [6.45, 7) is 2.37. The van der Waals surface area contributed by atoms with E-state index < -0.39 is 0 Å². The molecule has 1 aromatic heterocycles. The first-order chi connectivity index (χ1) is 8.26. The summed E-state index contributed by atoms with van der Waals surface area (Å²) in [5.74, 6) is 0. The number of hydrogen-bond acceptors (Lipinski definition) is 2. The van der Waals surface area contributed by atoms with Gasteiger partial charge in [0.1, 0.15) is 0 Å². The van der Waals surface area contributed by atoms with Gasteiger partial charge in [-0.2, -0.15) is 0 Å². The van der Waals surface area contributed by atoms with Crippen LogP contribution in [0.15, 0.2) is 41.3 Å². The first kappa shape index (κ1) is 11.6. The quantitative estimate of drug-likeness (QED) is 0.844. The van der Waals surface area contributed by atoms with Gasteiger partial charge < -0.3 is 10.7 Å². The average molecular weight is 228 g/mol. The summed E-state index contributed by atoms with van der Waals surface area (Å²) in [5, 5.41) is 0. The summed E-state index contributed by atoms with van der Waals surface area (Å²) in [6, 6.07) is 10.1. The molecule has 0 bridgehead atoms. The molecule has 0 spiro atoms. The van der Waals surface area contributed by atoms with E-state index >= 15 is 0 Å². The lowest BCUT2D eigenvalue weighted by molar-refractivity contribution is 1.02. The van der Waals surface area contributed by atoms with Crippen LogP contribution in [-0.2, 0) is 13.0 Å². The van der Waals surface area contributed by atoms with Gasteiger partial charge in [0.05, 0.1) is 0 Å². The number of benzene rings is 1. The number of aromatic amines is 1. The molecule has 1 heterocycles. The minimum Gasteiger partial charge on any atom is -0.329 e. The van der Waals surface area contributed by atoms with Crippen molar-refractivity contribution in [1.82, 2.24) is 4.98 Å². The van der Waals surface area contributed by atoms with E-state index in [0.717, 1.165) is 17.5 Å². The van der Waals surface area contributed by atoms with Gasteiger partial charge in [-0.3, -0.25) is 4.79 Å². The van der Waals surface area contributed by atoms with Crippen LogP contribution < -0.4 is 11.3 Å². The molecule has 2 rings (SSSR count). The molecule has 3 heteroatoms. The zero-order valence-corrected chi connectivity index (χ0v) is 9.86. The summed E-state index contributed by atoms with van der Waals surface area (Å²) in [5.41, 5.74) is 9.39. The molecule has 0 unspecified atom stereocenters.